The summed E-state index contributed by atoms with van der Waals surface area (Å²) in [4.78, 5) is 20.2. The molecular weight excluding hydrogens is 112 g/mol. The molecule has 37 valence electrons. The van der Waals surface area contributed by atoms with Gasteiger partial charge in [-0.2, -0.15) is 0 Å². The van der Waals surface area contributed by atoms with Gasteiger partial charge in [0.2, 0.25) is 5.78 Å². The summed E-state index contributed by atoms with van der Waals surface area (Å²) in [6, 6.07) is 0. The minimum atomic E-state index is -0.322. The van der Waals surface area contributed by atoms with E-state index >= 15 is 0 Å². The van der Waals surface area contributed by atoms with Crippen LogP contribution in [0.25, 0.3) is 0 Å². The molecule has 1 rings (SSSR count). The van der Waals surface area contributed by atoms with Crippen molar-refractivity contribution in [1.82, 2.24) is 0 Å². The fourth-order valence-electron chi connectivity index (χ4n) is 0.329. The summed E-state index contributed by atoms with van der Waals surface area (Å²) in [6.45, 7) is 1.65. The Bertz CT molecular complexity index is 130. The highest BCUT2D eigenvalue weighted by atomic mass is 32.2. The van der Waals surface area contributed by atoms with Gasteiger partial charge in [-0.15, -0.1) is 0 Å². The molecule has 0 aliphatic carbocycles. The molecule has 2 nitrogen and oxygen atoms in total. The smallest absolute Gasteiger partial charge is 0.257 e. The maximum atomic E-state index is 10.2. The summed E-state index contributed by atoms with van der Waals surface area (Å²) in [6.07, 6.45) is 0. The van der Waals surface area contributed by atoms with E-state index in [2.05, 4.69) is 0 Å². The third-order valence-corrected chi connectivity index (χ3v) is 1.61. The second kappa shape index (κ2) is 1.33. The molecule has 1 fully saturated rings. The first-order valence-corrected chi connectivity index (χ1v) is 2.63. The molecule has 1 radical (unpaired) electrons. The molecule has 1 saturated heterocycles. The highest BCUT2D eigenvalue weighted by Crippen LogP contribution is 2.32. The minimum Gasteiger partial charge on any atom is -0.288 e. The molecule has 1 heterocycles. The van der Waals surface area contributed by atoms with Crippen LogP contribution >= 0.6 is 11.8 Å². The van der Waals surface area contributed by atoms with Crippen molar-refractivity contribution in [3.05, 3.63) is 5.25 Å². The lowest BCUT2D eigenvalue weighted by Crippen LogP contribution is -2.26. The quantitative estimate of drug-likeness (QED) is 0.428. The number of rotatable bonds is 0. The SMILES string of the molecule is C[C]1SC(=O)C1=O. The molecule has 7 heavy (non-hydrogen) atoms. The molecule has 0 saturated carbocycles. The maximum absolute atomic E-state index is 10.2. The molecule has 0 unspecified atom stereocenters. The first-order valence-electron chi connectivity index (χ1n) is 1.82. The lowest BCUT2D eigenvalue weighted by molar-refractivity contribution is -0.131. The van der Waals surface area contributed by atoms with Gasteiger partial charge in [0.25, 0.3) is 5.12 Å². The third kappa shape index (κ3) is 0.567. The number of carbonyl (C=O) groups is 2. The van der Waals surface area contributed by atoms with Crippen LogP contribution in [0.5, 0.6) is 0 Å². The predicted molar refractivity (Wildman–Crippen MR) is 26.5 cm³/mol. The Morgan fingerprint density at radius 1 is 1.43 bits per heavy atom. The van der Waals surface area contributed by atoms with Gasteiger partial charge in [0.05, 0.1) is 0 Å². The van der Waals surface area contributed by atoms with Crippen molar-refractivity contribution >= 4 is 22.7 Å². The Hall–Kier alpha value is -0.310. The highest BCUT2D eigenvalue weighted by molar-refractivity contribution is 8.22. The van der Waals surface area contributed by atoms with E-state index in [1.807, 2.05) is 0 Å². The van der Waals surface area contributed by atoms with E-state index in [-0.39, 0.29) is 10.9 Å². The van der Waals surface area contributed by atoms with Crippen molar-refractivity contribution in [2.24, 2.45) is 0 Å². The summed E-state index contributed by atoms with van der Waals surface area (Å²) < 4.78 is 0. The van der Waals surface area contributed by atoms with Crippen molar-refractivity contribution in [1.29, 1.82) is 0 Å². The predicted octanol–water partition coefficient (Wildman–Crippen LogP) is 0.381. The molecule has 0 bridgehead atoms. The van der Waals surface area contributed by atoms with Gasteiger partial charge >= 0.3 is 0 Å². The molecule has 1 aliphatic rings. The number of hydrogen-bond acceptors (Lipinski definition) is 3. The van der Waals surface area contributed by atoms with Gasteiger partial charge in [-0.3, -0.25) is 9.59 Å². The number of ketones is 1. The molecule has 0 atom stereocenters. The first-order chi connectivity index (χ1) is 3.22. The molecule has 0 N–H and O–H groups in total. The van der Waals surface area contributed by atoms with Crippen LogP contribution < -0.4 is 0 Å². The van der Waals surface area contributed by atoms with Crippen molar-refractivity contribution in [3.8, 4) is 0 Å². The fourth-order valence-corrected chi connectivity index (χ4v) is 0.885. The summed E-state index contributed by atoms with van der Waals surface area (Å²) in [7, 11) is 0. The van der Waals surface area contributed by atoms with E-state index in [0.29, 0.717) is 5.25 Å². The number of Topliss-reactive ketones (excluding diaryl/α,β-unsaturated/α-hetero) is 1. The van der Waals surface area contributed by atoms with Crippen molar-refractivity contribution in [2.75, 3.05) is 0 Å². The van der Waals surface area contributed by atoms with Crippen LogP contribution in [0.3, 0.4) is 0 Å². The molecule has 0 aromatic heterocycles. The average molecular weight is 115 g/mol. The standard InChI is InChI=1S/C4H3O2S/c1-2-3(5)4(6)7-2/h1H3. The number of carbonyl (C=O) groups excluding carboxylic acids is 2. The summed E-state index contributed by atoms with van der Waals surface area (Å²) >= 11 is 1.02. The van der Waals surface area contributed by atoms with Crippen LogP contribution in [0.2, 0.25) is 0 Å². The zero-order chi connectivity index (χ0) is 5.44. The maximum Gasteiger partial charge on any atom is 0.257 e. The van der Waals surface area contributed by atoms with Gasteiger partial charge in [-0.05, 0) is 6.92 Å². The van der Waals surface area contributed by atoms with Gasteiger partial charge < -0.3 is 0 Å². The lowest BCUT2D eigenvalue weighted by Gasteiger charge is -2.13. The fraction of sp³-hybridized carbons (Fsp3) is 0.250. The largest absolute Gasteiger partial charge is 0.288 e. The van der Waals surface area contributed by atoms with Gasteiger partial charge in [-0.1, -0.05) is 11.8 Å². The zero-order valence-corrected chi connectivity index (χ0v) is 4.54. The van der Waals surface area contributed by atoms with Crippen LogP contribution in [0.4, 0.5) is 0 Å². The van der Waals surface area contributed by atoms with E-state index in [9.17, 15) is 9.59 Å². The summed E-state index contributed by atoms with van der Waals surface area (Å²) in [5.74, 6) is -0.315. The van der Waals surface area contributed by atoms with Crippen LogP contribution in [0.15, 0.2) is 0 Å². The second-order valence-corrected chi connectivity index (χ2v) is 2.46. The molecule has 0 aromatic rings. The third-order valence-electron chi connectivity index (χ3n) is 0.751. The molecule has 0 aromatic carbocycles. The Labute approximate surface area is 45.3 Å². The van der Waals surface area contributed by atoms with Crippen LogP contribution in [-0.2, 0) is 9.59 Å². The van der Waals surface area contributed by atoms with E-state index in [1.165, 1.54) is 0 Å². The van der Waals surface area contributed by atoms with E-state index in [1.54, 1.807) is 6.92 Å². The Morgan fingerprint density at radius 2 is 2.00 bits per heavy atom. The van der Waals surface area contributed by atoms with Crippen molar-refractivity contribution in [3.63, 3.8) is 0 Å². The van der Waals surface area contributed by atoms with Gasteiger partial charge in [0, 0.05) is 0 Å². The Balaban J connectivity index is 2.60. The monoisotopic (exact) mass is 115 g/mol. The van der Waals surface area contributed by atoms with Crippen molar-refractivity contribution < 1.29 is 9.59 Å². The lowest BCUT2D eigenvalue weighted by atomic mass is 10.3. The van der Waals surface area contributed by atoms with Crippen LogP contribution in [0, 0.1) is 5.25 Å². The number of hydrogen-bond donors (Lipinski definition) is 0. The summed E-state index contributed by atoms with van der Waals surface area (Å²) in [5, 5.41) is 0.294. The van der Waals surface area contributed by atoms with Gasteiger partial charge in [0.1, 0.15) is 5.25 Å². The van der Waals surface area contributed by atoms with Gasteiger partial charge in [-0.25, -0.2) is 0 Å². The normalized spacial score (nSPS) is 22.4. The average Bonchev–Trinajstić information content (AvgIpc) is 1.68. The van der Waals surface area contributed by atoms with E-state index in [0.717, 1.165) is 11.8 Å². The van der Waals surface area contributed by atoms with E-state index in [4.69, 9.17) is 0 Å². The first kappa shape index (κ1) is 4.84. The van der Waals surface area contributed by atoms with Crippen LogP contribution in [0.1, 0.15) is 6.92 Å². The molecule has 0 amide bonds. The molecule has 3 heteroatoms. The van der Waals surface area contributed by atoms with Crippen LogP contribution in [-0.4, -0.2) is 10.9 Å². The topological polar surface area (TPSA) is 34.1 Å². The van der Waals surface area contributed by atoms with E-state index < -0.39 is 0 Å². The summed E-state index contributed by atoms with van der Waals surface area (Å²) in [5.41, 5.74) is 0. The second-order valence-electron chi connectivity index (χ2n) is 1.27. The minimum absolute atomic E-state index is 0.315. The highest BCUT2D eigenvalue weighted by Gasteiger charge is 2.35. The zero-order valence-electron chi connectivity index (χ0n) is 3.72. The van der Waals surface area contributed by atoms with Gasteiger partial charge in [0.15, 0.2) is 0 Å². The molecule has 1 aliphatic heterocycles. The van der Waals surface area contributed by atoms with Crippen molar-refractivity contribution in [2.45, 2.75) is 6.92 Å². The number of thioether (sulfide) groups is 1. The Kier molecular flexibility index (Phi) is 0.922. The molecule has 0 spiro atoms. The molecular formula is C4H3O2S. The Morgan fingerprint density at radius 3 is 2.00 bits per heavy atom.